The van der Waals surface area contributed by atoms with E-state index < -0.39 is 0 Å². The maximum atomic E-state index is 5.64. The van der Waals surface area contributed by atoms with Gasteiger partial charge in [0.25, 0.3) is 0 Å². The number of nitrogens with one attached hydrogen (secondary N) is 1. The summed E-state index contributed by atoms with van der Waals surface area (Å²) in [4.78, 5) is 8.01. The van der Waals surface area contributed by atoms with E-state index in [4.69, 9.17) is 16.3 Å². The molecule has 0 aliphatic rings. The number of methoxy groups -OCH3 is 1. The average Bonchev–Trinajstić information content (AvgIpc) is 2.32. The number of ether oxygens (including phenoxy) is 1. The molecular weight excluding hydrogens is 226 g/mol. The van der Waals surface area contributed by atoms with Crippen LogP contribution in [0.25, 0.3) is 0 Å². The van der Waals surface area contributed by atoms with Gasteiger partial charge in [-0.05, 0) is 12.1 Å². The number of rotatable bonds is 3. The minimum atomic E-state index is 0.371. The monoisotopic (exact) mass is 235 g/mol. The first kappa shape index (κ1) is 10.7. The van der Waals surface area contributed by atoms with E-state index in [2.05, 4.69) is 15.3 Å². The smallest absolute Gasteiger partial charge is 0.148 e. The molecule has 0 saturated carbocycles. The van der Waals surface area contributed by atoms with Gasteiger partial charge in [0, 0.05) is 11.8 Å². The highest BCUT2D eigenvalue weighted by molar-refractivity contribution is 6.29. The molecule has 16 heavy (non-hydrogen) atoms. The van der Waals surface area contributed by atoms with Gasteiger partial charge in [-0.25, -0.2) is 9.97 Å². The molecule has 4 nitrogen and oxygen atoms in total. The number of nitrogens with zero attached hydrogens (tertiary/aromatic N) is 2. The van der Waals surface area contributed by atoms with Gasteiger partial charge in [-0.2, -0.15) is 0 Å². The van der Waals surface area contributed by atoms with Crippen molar-refractivity contribution in [1.82, 2.24) is 9.97 Å². The lowest BCUT2D eigenvalue weighted by molar-refractivity contribution is 0.415. The Balaban J connectivity index is 2.16. The first-order valence-corrected chi connectivity index (χ1v) is 5.04. The summed E-state index contributed by atoms with van der Waals surface area (Å²) in [5, 5.41) is 3.47. The fourth-order valence-corrected chi connectivity index (χ4v) is 1.32. The molecule has 1 aromatic heterocycles. The molecule has 0 fully saturated rings. The minimum absolute atomic E-state index is 0.371. The van der Waals surface area contributed by atoms with Crippen molar-refractivity contribution in [3.63, 3.8) is 0 Å². The Labute approximate surface area is 98.3 Å². The van der Waals surface area contributed by atoms with Crippen LogP contribution in [0.15, 0.2) is 36.7 Å². The van der Waals surface area contributed by atoms with Crippen molar-refractivity contribution in [2.24, 2.45) is 0 Å². The summed E-state index contributed by atoms with van der Waals surface area (Å²) in [7, 11) is 1.63. The highest BCUT2D eigenvalue weighted by Gasteiger charge is 1.98. The molecule has 0 spiro atoms. The van der Waals surface area contributed by atoms with Crippen LogP contribution in [-0.4, -0.2) is 17.1 Å². The zero-order valence-corrected chi connectivity index (χ0v) is 9.40. The highest BCUT2D eigenvalue weighted by atomic mass is 35.5. The van der Waals surface area contributed by atoms with Gasteiger partial charge in [-0.1, -0.05) is 17.7 Å². The molecule has 2 aromatic rings. The van der Waals surface area contributed by atoms with Crippen LogP contribution < -0.4 is 10.1 Å². The van der Waals surface area contributed by atoms with E-state index in [1.54, 1.807) is 13.3 Å². The summed E-state index contributed by atoms with van der Waals surface area (Å²) < 4.78 is 5.11. The average molecular weight is 236 g/mol. The summed E-state index contributed by atoms with van der Waals surface area (Å²) in [6.45, 7) is 0. The van der Waals surface area contributed by atoms with E-state index in [0.717, 1.165) is 11.4 Å². The van der Waals surface area contributed by atoms with Crippen LogP contribution in [0.4, 0.5) is 11.5 Å². The van der Waals surface area contributed by atoms with Crippen molar-refractivity contribution in [2.75, 3.05) is 12.4 Å². The Hall–Kier alpha value is -1.81. The molecule has 1 heterocycles. The fourth-order valence-electron chi connectivity index (χ4n) is 1.23. The Morgan fingerprint density at radius 1 is 1.25 bits per heavy atom. The van der Waals surface area contributed by atoms with Crippen molar-refractivity contribution < 1.29 is 4.74 Å². The maximum absolute atomic E-state index is 5.64. The molecule has 0 aliphatic heterocycles. The molecule has 0 aliphatic carbocycles. The lowest BCUT2D eigenvalue weighted by Gasteiger charge is -2.06. The van der Waals surface area contributed by atoms with Crippen LogP contribution in [0, 0.1) is 0 Å². The van der Waals surface area contributed by atoms with E-state index in [0.29, 0.717) is 11.0 Å². The van der Waals surface area contributed by atoms with Gasteiger partial charge in [0.05, 0.1) is 19.5 Å². The van der Waals surface area contributed by atoms with Gasteiger partial charge >= 0.3 is 0 Å². The third-order valence-corrected chi connectivity index (χ3v) is 2.16. The number of anilines is 2. The van der Waals surface area contributed by atoms with Gasteiger partial charge in [0.15, 0.2) is 0 Å². The topological polar surface area (TPSA) is 47.0 Å². The second-order valence-electron chi connectivity index (χ2n) is 3.08. The lowest BCUT2D eigenvalue weighted by atomic mass is 10.3. The molecule has 0 bridgehead atoms. The van der Waals surface area contributed by atoms with Gasteiger partial charge in [-0.15, -0.1) is 0 Å². The quantitative estimate of drug-likeness (QED) is 0.889. The summed E-state index contributed by atoms with van der Waals surface area (Å²) in [5.74, 6) is 1.42. The van der Waals surface area contributed by atoms with Crippen LogP contribution in [0.3, 0.4) is 0 Å². The van der Waals surface area contributed by atoms with E-state index in [-0.39, 0.29) is 0 Å². The first-order chi connectivity index (χ1) is 7.78. The Bertz CT molecular complexity index is 473. The number of halogens is 1. The van der Waals surface area contributed by atoms with Crippen molar-refractivity contribution >= 4 is 23.1 Å². The summed E-state index contributed by atoms with van der Waals surface area (Å²) in [6.07, 6.45) is 3.06. The van der Waals surface area contributed by atoms with Crippen LogP contribution in [0.1, 0.15) is 0 Å². The molecule has 0 atom stereocenters. The second kappa shape index (κ2) is 4.81. The van der Waals surface area contributed by atoms with E-state index in [1.807, 2.05) is 24.3 Å². The number of hydrogen-bond acceptors (Lipinski definition) is 4. The van der Waals surface area contributed by atoms with E-state index in [1.165, 1.54) is 6.20 Å². The molecule has 1 aromatic carbocycles. The van der Waals surface area contributed by atoms with Gasteiger partial charge in [-0.3, -0.25) is 0 Å². The largest absolute Gasteiger partial charge is 0.497 e. The predicted molar refractivity (Wildman–Crippen MR) is 63.3 cm³/mol. The van der Waals surface area contributed by atoms with Crippen LogP contribution in [0.5, 0.6) is 5.75 Å². The Morgan fingerprint density at radius 2 is 2.12 bits per heavy atom. The van der Waals surface area contributed by atoms with Crippen molar-refractivity contribution in [3.05, 3.63) is 41.8 Å². The highest BCUT2D eigenvalue weighted by Crippen LogP contribution is 2.19. The zero-order chi connectivity index (χ0) is 11.4. The summed E-state index contributed by atoms with van der Waals surface area (Å²) in [6, 6.07) is 7.55. The van der Waals surface area contributed by atoms with E-state index >= 15 is 0 Å². The number of benzene rings is 1. The Kier molecular flexibility index (Phi) is 3.22. The second-order valence-corrected chi connectivity index (χ2v) is 3.47. The zero-order valence-electron chi connectivity index (χ0n) is 8.64. The molecule has 0 saturated heterocycles. The van der Waals surface area contributed by atoms with E-state index in [9.17, 15) is 0 Å². The third kappa shape index (κ3) is 2.61. The number of aromatic nitrogens is 2. The molecule has 0 unspecified atom stereocenters. The summed E-state index contributed by atoms with van der Waals surface area (Å²) in [5.41, 5.74) is 0.885. The molecular formula is C11H10ClN3O. The maximum Gasteiger partial charge on any atom is 0.148 e. The normalized spacial score (nSPS) is 9.88. The summed E-state index contributed by atoms with van der Waals surface area (Å²) >= 11 is 5.64. The lowest BCUT2D eigenvalue weighted by Crippen LogP contribution is -1.94. The minimum Gasteiger partial charge on any atom is -0.497 e. The third-order valence-electron chi connectivity index (χ3n) is 1.96. The predicted octanol–water partition coefficient (Wildman–Crippen LogP) is 2.88. The molecule has 0 radical (unpaired) electrons. The van der Waals surface area contributed by atoms with Gasteiger partial charge < -0.3 is 10.1 Å². The standard InChI is InChI=1S/C11H10ClN3O/c1-16-9-4-2-3-8(5-9)15-11-7-13-10(12)6-14-11/h2-7H,1H3,(H,14,15). The SMILES string of the molecule is COc1cccc(Nc2cnc(Cl)cn2)c1. The fraction of sp³-hybridized carbons (Fsp3) is 0.0909. The number of hydrogen-bond donors (Lipinski definition) is 1. The first-order valence-electron chi connectivity index (χ1n) is 4.66. The van der Waals surface area contributed by atoms with Crippen LogP contribution >= 0.6 is 11.6 Å². The van der Waals surface area contributed by atoms with Crippen molar-refractivity contribution in [2.45, 2.75) is 0 Å². The van der Waals surface area contributed by atoms with Crippen molar-refractivity contribution in [1.29, 1.82) is 0 Å². The van der Waals surface area contributed by atoms with Crippen LogP contribution in [-0.2, 0) is 0 Å². The van der Waals surface area contributed by atoms with Gasteiger partial charge in [0.2, 0.25) is 0 Å². The molecule has 82 valence electrons. The Morgan fingerprint density at radius 3 is 2.81 bits per heavy atom. The molecule has 0 amide bonds. The van der Waals surface area contributed by atoms with Crippen LogP contribution in [0.2, 0.25) is 5.15 Å². The molecule has 2 rings (SSSR count). The molecule has 1 N–H and O–H groups in total. The van der Waals surface area contributed by atoms with Gasteiger partial charge in [0.1, 0.15) is 16.7 Å². The van der Waals surface area contributed by atoms with Crippen molar-refractivity contribution in [3.8, 4) is 5.75 Å². The molecule has 5 heteroatoms.